The van der Waals surface area contributed by atoms with E-state index in [2.05, 4.69) is 149 Å². The summed E-state index contributed by atoms with van der Waals surface area (Å²) in [5, 5.41) is 5.53. The monoisotopic (exact) mass is 620 g/mol. The van der Waals surface area contributed by atoms with Gasteiger partial charge in [-0.15, -0.1) is 11.3 Å². The van der Waals surface area contributed by atoms with E-state index in [0.29, 0.717) is 0 Å². The lowest BCUT2D eigenvalue weighted by atomic mass is 9.79. The van der Waals surface area contributed by atoms with Gasteiger partial charge in [-0.1, -0.05) is 131 Å². The third kappa shape index (κ3) is 3.70. The highest BCUT2D eigenvalue weighted by molar-refractivity contribution is 7.18. The predicted octanol–water partition coefficient (Wildman–Crippen LogP) is 11.1. The van der Waals surface area contributed by atoms with Crippen LogP contribution in [0.15, 0.2) is 115 Å². The Morgan fingerprint density at radius 1 is 0.511 bits per heavy atom. The van der Waals surface area contributed by atoms with Crippen molar-refractivity contribution in [2.45, 2.75) is 51.4 Å². The summed E-state index contributed by atoms with van der Waals surface area (Å²) in [5.41, 5.74) is 16.7. The molecule has 0 amide bonds. The van der Waals surface area contributed by atoms with Crippen LogP contribution >= 0.6 is 11.3 Å². The lowest BCUT2D eigenvalue weighted by Gasteiger charge is -2.24. The van der Waals surface area contributed by atoms with Crippen LogP contribution in [-0.4, -0.2) is 0 Å². The highest BCUT2D eigenvalue weighted by atomic mass is 32.1. The van der Waals surface area contributed by atoms with Crippen molar-refractivity contribution >= 4 is 43.8 Å². The van der Waals surface area contributed by atoms with E-state index < -0.39 is 0 Å². The van der Waals surface area contributed by atoms with E-state index in [1.807, 2.05) is 11.3 Å². The number of benzene rings is 6. The predicted molar refractivity (Wildman–Crippen MR) is 202 cm³/mol. The highest BCUT2D eigenvalue weighted by Gasteiger charge is 2.37. The van der Waals surface area contributed by atoms with Gasteiger partial charge in [-0.25, -0.2) is 0 Å². The van der Waals surface area contributed by atoms with E-state index in [4.69, 9.17) is 0 Å². The second-order valence-electron chi connectivity index (χ2n) is 14.8. The van der Waals surface area contributed by atoms with Gasteiger partial charge >= 0.3 is 0 Å². The van der Waals surface area contributed by atoms with Crippen molar-refractivity contribution in [2.75, 3.05) is 0 Å². The maximum atomic E-state index is 2.52. The van der Waals surface area contributed by atoms with Crippen molar-refractivity contribution in [3.63, 3.8) is 0 Å². The number of rotatable bonds is 2. The Labute approximate surface area is 280 Å². The molecular weight excluding hydrogens is 585 g/mol. The first-order chi connectivity index (χ1) is 22.8. The molecule has 1 aromatic heterocycles. The van der Waals surface area contributed by atoms with E-state index in [1.165, 1.54) is 97.4 Å². The molecule has 3 aliphatic rings. The van der Waals surface area contributed by atoms with Crippen LogP contribution in [0.1, 0.15) is 68.4 Å². The third-order valence-corrected chi connectivity index (χ3v) is 12.9. The van der Waals surface area contributed by atoms with Gasteiger partial charge in [0.2, 0.25) is 0 Å². The Hall–Kier alpha value is -4.72. The summed E-state index contributed by atoms with van der Waals surface area (Å²) in [7, 11) is 0. The summed E-state index contributed by atoms with van der Waals surface area (Å²) in [6.45, 7) is 9.58. The van der Waals surface area contributed by atoms with Crippen molar-refractivity contribution in [3.8, 4) is 33.4 Å². The average Bonchev–Trinajstić information content (AvgIpc) is 3.68. The van der Waals surface area contributed by atoms with Gasteiger partial charge < -0.3 is 0 Å². The molecule has 226 valence electrons. The van der Waals surface area contributed by atoms with Gasteiger partial charge in [-0.3, -0.25) is 0 Å². The molecule has 0 bridgehead atoms. The van der Waals surface area contributed by atoms with Gasteiger partial charge in [0.05, 0.1) is 0 Å². The fourth-order valence-electron chi connectivity index (χ4n) is 9.01. The van der Waals surface area contributed by atoms with Gasteiger partial charge in [0.1, 0.15) is 0 Å². The van der Waals surface area contributed by atoms with E-state index in [-0.39, 0.29) is 10.8 Å². The lowest BCUT2D eigenvalue weighted by molar-refractivity contribution is 0.659. The van der Waals surface area contributed by atoms with Crippen LogP contribution in [0.4, 0.5) is 0 Å². The molecule has 0 N–H and O–H groups in total. The first kappa shape index (κ1) is 27.4. The van der Waals surface area contributed by atoms with Gasteiger partial charge in [0.15, 0.2) is 0 Å². The molecule has 1 heteroatoms. The van der Waals surface area contributed by atoms with Crippen molar-refractivity contribution in [1.82, 2.24) is 0 Å². The van der Waals surface area contributed by atoms with Crippen molar-refractivity contribution < 1.29 is 0 Å². The van der Waals surface area contributed by atoms with Crippen LogP contribution < -0.4 is 9.75 Å². The fraction of sp³-hybridized carbons (Fsp3) is 0.174. The quantitative estimate of drug-likeness (QED) is 0.180. The largest absolute Gasteiger partial charge is 0.134 e. The molecule has 7 aromatic rings. The molecule has 0 radical (unpaired) electrons. The Kier molecular flexibility index (Phi) is 5.50. The highest BCUT2D eigenvalue weighted by Crippen LogP contribution is 2.52. The zero-order valence-electron chi connectivity index (χ0n) is 27.4. The number of hydrogen-bond donors (Lipinski definition) is 0. The van der Waals surface area contributed by atoms with Crippen LogP contribution in [0.5, 0.6) is 0 Å². The van der Waals surface area contributed by atoms with Crippen molar-refractivity contribution in [3.05, 3.63) is 153 Å². The molecule has 0 saturated heterocycles. The minimum absolute atomic E-state index is 0.000490. The summed E-state index contributed by atoms with van der Waals surface area (Å²) in [6, 6.07) is 44.0. The Balaban J connectivity index is 1.08. The zero-order valence-corrected chi connectivity index (χ0v) is 28.2. The topological polar surface area (TPSA) is 0 Å². The van der Waals surface area contributed by atoms with Crippen LogP contribution in [0.25, 0.3) is 65.9 Å². The second-order valence-corrected chi connectivity index (χ2v) is 15.8. The standard InChI is InChI=1S/C46H36S/c1-45(2)39-15-8-7-12-33(39)34-20-17-28(24-40(34)45)29-18-21-35-36-22-19-30(26-42(36)46(3,4)41(35)25-29)32-13-9-14-37-38-23-16-27-10-5-6-11-31(27)43(38)47-44(32)37/h5-8,10-12,14-26H,9,13H2,1-4H3. The van der Waals surface area contributed by atoms with Crippen LogP contribution in [-0.2, 0) is 10.8 Å². The SMILES string of the molecule is CC1(C)c2ccccc2-c2ccc(-c3ccc4c(c3)C(C)(C)c3cc(C5=c6sc7c(ccc8ccccc87)c6=CCC5)ccc3-4)cc21. The van der Waals surface area contributed by atoms with Gasteiger partial charge in [0.25, 0.3) is 0 Å². The van der Waals surface area contributed by atoms with E-state index >= 15 is 0 Å². The molecule has 3 aliphatic carbocycles. The summed E-state index contributed by atoms with van der Waals surface area (Å²) >= 11 is 1.99. The normalized spacial score (nSPS) is 16.4. The Bertz CT molecular complexity index is 2620. The lowest BCUT2D eigenvalue weighted by Crippen LogP contribution is -2.25. The number of fused-ring (bicyclic) bond motifs is 11. The van der Waals surface area contributed by atoms with Crippen LogP contribution in [0, 0.1) is 0 Å². The molecule has 6 aromatic carbocycles. The third-order valence-electron chi connectivity index (χ3n) is 11.6. The average molecular weight is 621 g/mol. The molecule has 0 spiro atoms. The Morgan fingerprint density at radius 3 is 1.81 bits per heavy atom. The smallest absolute Gasteiger partial charge is 0.0433 e. The fourth-order valence-corrected chi connectivity index (χ4v) is 10.4. The van der Waals surface area contributed by atoms with E-state index in [9.17, 15) is 0 Å². The molecule has 0 saturated carbocycles. The molecule has 10 rings (SSSR count). The van der Waals surface area contributed by atoms with E-state index in [0.717, 1.165) is 12.8 Å². The first-order valence-electron chi connectivity index (χ1n) is 17.0. The molecule has 47 heavy (non-hydrogen) atoms. The van der Waals surface area contributed by atoms with Crippen molar-refractivity contribution in [1.29, 1.82) is 0 Å². The zero-order chi connectivity index (χ0) is 31.7. The molecule has 1 heterocycles. The summed E-state index contributed by atoms with van der Waals surface area (Å²) in [6.07, 6.45) is 4.65. The molecule has 0 unspecified atom stereocenters. The Morgan fingerprint density at radius 2 is 1.09 bits per heavy atom. The minimum Gasteiger partial charge on any atom is -0.134 e. The van der Waals surface area contributed by atoms with Gasteiger partial charge in [-0.2, -0.15) is 0 Å². The molecule has 0 atom stereocenters. The van der Waals surface area contributed by atoms with Crippen molar-refractivity contribution in [2.24, 2.45) is 0 Å². The minimum atomic E-state index is -0.0799. The van der Waals surface area contributed by atoms with Gasteiger partial charge in [0, 0.05) is 25.4 Å². The van der Waals surface area contributed by atoms with Gasteiger partial charge in [-0.05, 0) is 114 Å². The molecule has 0 nitrogen and oxygen atoms in total. The maximum absolute atomic E-state index is 2.52. The molecular formula is C46H36S. The summed E-state index contributed by atoms with van der Waals surface area (Å²) in [4.78, 5) is 0. The van der Waals surface area contributed by atoms with Crippen LogP contribution in [0.2, 0.25) is 0 Å². The maximum Gasteiger partial charge on any atom is 0.0433 e. The number of thiophene rings is 1. The van der Waals surface area contributed by atoms with E-state index in [1.54, 1.807) is 0 Å². The molecule has 0 fully saturated rings. The van der Waals surface area contributed by atoms with Crippen LogP contribution in [0.3, 0.4) is 0 Å². The first-order valence-corrected chi connectivity index (χ1v) is 17.8. The second kappa shape index (κ2) is 9.43. The number of hydrogen-bond acceptors (Lipinski definition) is 1. The summed E-state index contributed by atoms with van der Waals surface area (Å²) < 4.78 is 2.88. The molecule has 0 aliphatic heterocycles. The summed E-state index contributed by atoms with van der Waals surface area (Å²) in [5.74, 6) is 0.